The smallest absolute Gasteiger partial charge is 0.333 e. The van der Waals surface area contributed by atoms with Crippen LogP contribution in [0.4, 0.5) is 0 Å². The maximum Gasteiger partial charge on any atom is 0.333 e. The molecule has 0 amide bonds. The van der Waals surface area contributed by atoms with Crippen LogP contribution in [-0.2, 0) is 28.5 Å². The predicted octanol–water partition coefficient (Wildman–Crippen LogP) is 4.18. The lowest BCUT2D eigenvalue weighted by Crippen LogP contribution is -2.14. The predicted molar refractivity (Wildman–Crippen MR) is 133 cm³/mol. The summed E-state index contributed by atoms with van der Waals surface area (Å²) >= 11 is 0. The van der Waals surface area contributed by atoms with Crippen LogP contribution in [0.15, 0.2) is 54.6 Å². The second-order valence-corrected chi connectivity index (χ2v) is 7.85. The lowest BCUT2D eigenvalue weighted by atomic mass is 10.1. The molecule has 190 valence electrons. The summed E-state index contributed by atoms with van der Waals surface area (Å²) in [5, 5.41) is 1.96. The van der Waals surface area contributed by atoms with Crippen molar-refractivity contribution in [3.8, 4) is 11.5 Å². The summed E-state index contributed by atoms with van der Waals surface area (Å²) in [6.45, 7) is 14.7. The van der Waals surface area contributed by atoms with Gasteiger partial charge < -0.3 is 28.4 Å². The van der Waals surface area contributed by atoms with Gasteiger partial charge in [0.2, 0.25) is 0 Å². The topological polar surface area (TPSA) is 89.5 Å². The number of carbonyl (C=O) groups excluding carboxylic acids is 2. The Balaban J connectivity index is 1.74. The number of esters is 2. The van der Waals surface area contributed by atoms with Crippen LogP contribution in [0, 0.1) is 6.92 Å². The summed E-state index contributed by atoms with van der Waals surface area (Å²) < 4.78 is 32.6. The molecule has 8 nitrogen and oxygen atoms in total. The van der Waals surface area contributed by atoms with Crippen LogP contribution in [-0.4, -0.2) is 64.8 Å². The first-order chi connectivity index (χ1) is 16.8. The summed E-state index contributed by atoms with van der Waals surface area (Å²) in [6.07, 6.45) is 0. The minimum absolute atomic E-state index is 0.176. The highest BCUT2D eigenvalue weighted by Crippen LogP contribution is 2.32. The van der Waals surface area contributed by atoms with E-state index in [1.54, 1.807) is 13.8 Å². The molecule has 0 fully saturated rings. The molecule has 0 aromatic heterocycles. The molecule has 0 saturated heterocycles. The van der Waals surface area contributed by atoms with Gasteiger partial charge in [0.05, 0.1) is 26.4 Å². The molecule has 0 aliphatic rings. The molecule has 0 spiro atoms. The first-order valence-electron chi connectivity index (χ1n) is 11.4. The van der Waals surface area contributed by atoms with Crippen molar-refractivity contribution in [3.05, 3.63) is 60.2 Å². The molecule has 0 aliphatic carbocycles. The molecular formula is C27H34O8. The van der Waals surface area contributed by atoms with E-state index in [-0.39, 0.29) is 13.2 Å². The van der Waals surface area contributed by atoms with Crippen LogP contribution < -0.4 is 9.47 Å². The van der Waals surface area contributed by atoms with E-state index in [0.29, 0.717) is 50.8 Å². The largest absolute Gasteiger partial charge is 0.491 e. The van der Waals surface area contributed by atoms with Crippen molar-refractivity contribution in [2.75, 3.05) is 52.9 Å². The number of fused-ring (bicyclic) bond motifs is 1. The number of benzene rings is 2. The Bertz CT molecular complexity index is 1030. The van der Waals surface area contributed by atoms with E-state index in [1.807, 2.05) is 37.3 Å². The SMILES string of the molecule is C=C(C)C(=O)OCCOCCOc1ccc2c(OCCOCCOC(=O)C(=C)C)c(C)ccc2c1. The van der Waals surface area contributed by atoms with E-state index in [2.05, 4.69) is 13.2 Å². The molecule has 35 heavy (non-hydrogen) atoms. The van der Waals surface area contributed by atoms with Crippen molar-refractivity contribution in [1.82, 2.24) is 0 Å². The Hall–Kier alpha value is -3.36. The zero-order chi connectivity index (χ0) is 25.6. The highest BCUT2D eigenvalue weighted by Gasteiger charge is 2.08. The third kappa shape index (κ3) is 9.80. The number of carbonyl (C=O) groups is 2. The van der Waals surface area contributed by atoms with Crippen molar-refractivity contribution < 1.29 is 38.0 Å². The summed E-state index contributed by atoms with van der Waals surface area (Å²) in [7, 11) is 0. The van der Waals surface area contributed by atoms with Gasteiger partial charge in [-0.3, -0.25) is 0 Å². The van der Waals surface area contributed by atoms with Crippen molar-refractivity contribution in [2.24, 2.45) is 0 Å². The van der Waals surface area contributed by atoms with Gasteiger partial charge in [-0.25, -0.2) is 9.59 Å². The molecule has 0 heterocycles. The molecule has 0 aliphatic heterocycles. The molecule has 0 radical (unpaired) electrons. The Kier molecular flexibility index (Phi) is 11.8. The number of rotatable bonds is 16. The summed E-state index contributed by atoms with van der Waals surface area (Å²) in [4.78, 5) is 22.6. The number of ether oxygens (including phenoxy) is 6. The Labute approximate surface area is 206 Å². The first kappa shape index (κ1) is 27.9. The minimum Gasteiger partial charge on any atom is -0.491 e. The molecule has 0 bridgehead atoms. The standard InChI is InChI=1S/C27H34O8/c1-19(2)26(28)34-16-12-30-10-14-32-23-8-9-24-22(18-23)7-6-21(5)25(24)33-15-11-31-13-17-35-27(29)20(3)4/h6-9,18H,1,3,10-17H2,2,4-5H3. The fourth-order valence-corrected chi connectivity index (χ4v) is 2.93. The second kappa shape index (κ2) is 14.8. The third-order valence-electron chi connectivity index (χ3n) is 4.73. The van der Waals surface area contributed by atoms with Crippen LogP contribution in [0.2, 0.25) is 0 Å². The van der Waals surface area contributed by atoms with Crippen LogP contribution in [0.5, 0.6) is 11.5 Å². The van der Waals surface area contributed by atoms with Crippen molar-refractivity contribution >= 4 is 22.7 Å². The summed E-state index contributed by atoms with van der Waals surface area (Å²) in [6, 6.07) is 9.80. The molecule has 2 aromatic rings. The van der Waals surface area contributed by atoms with E-state index < -0.39 is 11.9 Å². The minimum atomic E-state index is -0.422. The van der Waals surface area contributed by atoms with Gasteiger partial charge in [0, 0.05) is 16.5 Å². The van der Waals surface area contributed by atoms with Gasteiger partial charge in [-0.05, 0) is 49.9 Å². The maximum atomic E-state index is 11.3. The quantitative estimate of drug-likeness (QED) is 0.198. The first-order valence-corrected chi connectivity index (χ1v) is 11.4. The average Bonchev–Trinajstić information content (AvgIpc) is 2.83. The Morgan fingerprint density at radius 3 is 1.83 bits per heavy atom. The van der Waals surface area contributed by atoms with Gasteiger partial charge in [-0.15, -0.1) is 0 Å². The zero-order valence-electron chi connectivity index (χ0n) is 20.7. The summed E-state index contributed by atoms with van der Waals surface area (Å²) in [5.41, 5.74) is 1.74. The highest BCUT2D eigenvalue weighted by molar-refractivity contribution is 5.90. The monoisotopic (exact) mass is 486 g/mol. The number of hydrogen-bond donors (Lipinski definition) is 0. The number of aryl methyl sites for hydroxylation is 1. The molecular weight excluding hydrogens is 452 g/mol. The van der Waals surface area contributed by atoms with Gasteiger partial charge in [0.15, 0.2) is 0 Å². The van der Waals surface area contributed by atoms with Gasteiger partial charge in [-0.2, -0.15) is 0 Å². The maximum absolute atomic E-state index is 11.3. The lowest BCUT2D eigenvalue weighted by Gasteiger charge is -2.14. The normalized spacial score (nSPS) is 10.6. The van der Waals surface area contributed by atoms with Crippen LogP contribution in [0.1, 0.15) is 19.4 Å². The molecule has 2 aromatic carbocycles. The van der Waals surface area contributed by atoms with Gasteiger partial charge in [-0.1, -0.05) is 25.3 Å². The zero-order valence-corrected chi connectivity index (χ0v) is 20.7. The van der Waals surface area contributed by atoms with Crippen molar-refractivity contribution in [1.29, 1.82) is 0 Å². The molecule has 8 heteroatoms. The van der Waals surface area contributed by atoms with Gasteiger partial charge >= 0.3 is 11.9 Å². The second-order valence-electron chi connectivity index (χ2n) is 7.85. The molecule has 2 rings (SSSR count). The van der Waals surface area contributed by atoms with Crippen LogP contribution >= 0.6 is 0 Å². The van der Waals surface area contributed by atoms with Crippen molar-refractivity contribution in [3.63, 3.8) is 0 Å². The molecule has 0 saturated carbocycles. The van der Waals surface area contributed by atoms with E-state index in [9.17, 15) is 9.59 Å². The fraction of sp³-hybridized carbons (Fsp3) is 0.407. The van der Waals surface area contributed by atoms with E-state index in [0.717, 1.165) is 27.8 Å². The Morgan fingerprint density at radius 2 is 1.26 bits per heavy atom. The van der Waals surface area contributed by atoms with E-state index in [1.165, 1.54) is 0 Å². The van der Waals surface area contributed by atoms with Gasteiger partial charge in [0.25, 0.3) is 0 Å². The van der Waals surface area contributed by atoms with Crippen molar-refractivity contribution in [2.45, 2.75) is 20.8 Å². The van der Waals surface area contributed by atoms with E-state index in [4.69, 9.17) is 28.4 Å². The molecule has 0 N–H and O–H groups in total. The van der Waals surface area contributed by atoms with Gasteiger partial charge in [0.1, 0.15) is 37.9 Å². The third-order valence-corrected chi connectivity index (χ3v) is 4.73. The van der Waals surface area contributed by atoms with Crippen LogP contribution in [0.25, 0.3) is 10.8 Å². The average molecular weight is 487 g/mol. The van der Waals surface area contributed by atoms with Crippen LogP contribution in [0.3, 0.4) is 0 Å². The lowest BCUT2D eigenvalue weighted by molar-refractivity contribution is -0.141. The number of hydrogen-bond acceptors (Lipinski definition) is 8. The summed E-state index contributed by atoms with van der Waals surface area (Å²) in [5.74, 6) is 0.665. The molecule has 0 atom stereocenters. The molecule has 0 unspecified atom stereocenters. The Morgan fingerprint density at radius 1 is 0.714 bits per heavy atom. The fourth-order valence-electron chi connectivity index (χ4n) is 2.93. The highest BCUT2D eigenvalue weighted by atomic mass is 16.6. The van der Waals surface area contributed by atoms with E-state index >= 15 is 0 Å².